The van der Waals surface area contributed by atoms with E-state index in [4.69, 9.17) is 5.21 Å². The van der Waals surface area contributed by atoms with Crippen LogP contribution >= 0.6 is 0 Å². The van der Waals surface area contributed by atoms with E-state index in [9.17, 15) is 0 Å². The molecule has 3 nitrogen and oxygen atoms in total. The Bertz CT molecular complexity index is 16.0. The van der Waals surface area contributed by atoms with E-state index >= 15 is 0 Å². The van der Waals surface area contributed by atoms with Gasteiger partial charge in [-0.15, -0.1) is 0 Å². The van der Waals surface area contributed by atoms with Crippen molar-refractivity contribution in [1.29, 1.82) is 0 Å². The molecule has 0 aromatic rings. The first kappa shape index (κ1) is 23.2. The summed E-state index contributed by atoms with van der Waals surface area (Å²) in [7, 11) is 0. The van der Waals surface area contributed by atoms with E-state index in [1.165, 1.54) is 12.8 Å². The van der Waals surface area contributed by atoms with Crippen molar-refractivity contribution in [3.63, 3.8) is 0 Å². The average Bonchev–Trinajstić information content (AvgIpc) is 1.72. The Morgan fingerprint density at radius 3 is 1.25 bits per heavy atom. The van der Waals surface area contributed by atoms with E-state index in [0.717, 1.165) is 0 Å². The van der Waals surface area contributed by atoms with Crippen LogP contribution in [0, 0.1) is 0 Å². The Hall–Kier alpha value is 0.880. The Morgan fingerprint density at radius 1 is 1.12 bits per heavy atom. The number of hydrogen-bond donors (Lipinski definition) is 2. The maximum atomic E-state index is 6.50. The summed E-state index contributed by atoms with van der Waals surface area (Å²) in [5.41, 5.74) is 0. The zero-order valence-corrected chi connectivity index (χ0v) is 7.89. The van der Waals surface area contributed by atoms with Gasteiger partial charge in [0.2, 0.25) is 0 Å². The van der Waals surface area contributed by atoms with Crippen molar-refractivity contribution in [2.24, 2.45) is 5.90 Å². The van der Waals surface area contributed by atoms with Crippen LogP contribution in [0.4, 0.5) is 0 Å². The van der Waals surface area contributed by atoms with Gasteiger partial charge in [-0.05, 0) is 0 Å². The molecular formula is C4H14NNaO2. The topological polar surface area (TPSA) is 76.2 Å². The van der Waals surface area contributed by atoms with Crippen LogP contribution in [-0.2, 0) is 0 Å². The maximum absolute atomic E-state index is 6.50. The van der Waals surface area contributed by atoms with Crippen molar-refractivity contribution in [3.8, 4) is 0 Å². The zero-order chi connectivity index (χ0) is 5.41. The van der Waals surface area contributed by atoms with Crippen LogP contribution in [0.1, 0.15) is 26.7 Å². The molecule has 4 N–H and O–H groups in total. The summed E-state index contributed by atoms with van der Waals surface area (Å²) in [6.07, 6.45) is 2.64. The Labute approximate surface area is 72.8 Å². The van der Waals surface area contributed by atoms with E-state index in [1.54, 1.807) is 0 Å². The van der Waals surface area contributed by atoms with Crippen LogP contribution in [0.3, 0.4) is 0 Å². The van der Waals surface area contributed by atoms with E-state index in [-0.39, 0.29) is 35.0 Å². The van der Waals surface area contributed by atoms with Gasteiger partial charge in [-0.2, -0.15) is 0 Å². The third kappa shape index (κ3) is 67.3. The molecule has 0 aliphatic heterocycles. The van der Waals surface area contributed by atoms with Crippen LogP contribution in [-0.4, -0.2) is 10.7 Å². The van der Waals surface area contributed by atoms with E-state index in [0.29, 0.717) is 0 Å². The Kier molecular flexibility index (Phi) is 130. The van der Waals surface area contributed by atoms with Gasteiger partial charge in [0, 0.05) is 0 Å². The van der Waals surface area contributed by atoms with Crippen LogP contribution < -0.4 is 35.5 Å². The molecule has 0 aromatic carbocycles. The molecule has 0 aliphatic rings. The monoisotopic (exact) mass is 131 g/mol. The molecule has 0 saturated heterocycles. The molecule has 0 amide bonds. The first-order valence-electron chi connectivity index (χ1n) is 2.17. The fourth-order valence-corrected chi connectivity index (χ4v) is 0. The Morgan fingerprint density at radius 2 is 1.25 bits per heavy atom. The van der Waals surface area contributed by atoms with Gasteiger partial charge in [0.05, 0.1) is 0 Å². The van der Waals surface area contributed by atoms with Crippen LogP contribution in [0.15, 0.2) is 0 Å². The molecule has 0 rings (SSSR count). The van der Waals surface area contributed by atoms with Crippen molar-refractivity contribution in [1.82, 2.24) is 0 Å². The molecule has 0 bridgehead atoms. The largest absolute Gasteiger partial charge is 1.00 e. The van der Waals surface area contributed by atoms with Gasteiger partial charge in [0.1, 0.15) is 0 Å². The summed E-state index contributed by atoms with van der Waals surface area (Å²) in [4.78, 5) is 0. The molecule has 0 atom stereocenters. The molecule has 0 spiro atoms. The summed E-state index contributed by atoms with van der Waals surface area (Å²) in [6, 6.07) is 0. The number of rotatable bonds is 1. The predicted octanol–water partition coefficient (Wildman–Crippen LogP) is -2.03. The second kappa shape index (κ2) is 45.0. The molecule has 0 aliphatic carbocycles. The molecule has 0 aromatic heterocycles. The number of nitrogens with two attached hydrogens (primary N) is 1. The first-order valence-corrected chi connectivity index (χ1v) is 2.17. The first-order chi connectivity index (χ1) is 2.91. The zero-order valence-electron chi connectivity index (χ0n) is 5.89. The maximum Gasteiger partial charge on any atom is 1.00 e. The van der Waals surface area contributed by atoms with Crippen LogP contribution in [0.2, 0.25) is 0 Å². The van der Waals surface area contributed by atoms with Gasteiger partial charge < -0.3 is 10.7 Å². The van der Waals surface area contributed by atoms with Gasteiger partial charge in [0.15, 0.2) is 0 Å². The van der Waals surface area contributed by atoms with Gasteiger partial charge in [0.25, 0.3) is 0 Å². The second-order valence-corrected chi connectivity index (χ2v) is 1.000. The standard InChI is InChI=1S/C4H10.H3NO.Na.H2O/c1-3-4-2;1-2;;/h3-4H2,1-2H3;2H,1H2;;1H2/q;;+1;/p-1. The molecule has 0 radical (unpaired) electrons. The normalized spacial score (nSPS) is 4.50. The molecule has 8 heavy (non-hydrogen) atoms. The number of unbranched alkanes of at least 4 members (excludes halogenated alkanes) is 1. The molecule has 0 saturated carbocycles. The van der Waals surface area contributed by atoms with Crippen molar-refractivity contribution >= 4 is 0 Å². The molecule has 4 heteroatoms. The second-order valence-electron chi connectivity index (χ2n) is 1.000. The van der Waals surface area contributed by atoms with Crippen molar-refractivity contribution in [2.45, 2.75) is 26.7 Å². The summed E-state index contributed by atoms with van der Waals surface area (Å²) >= 11 is 0. The predicted molar refractivity (Wildman–Crippen MR) is 28.5 cm³/mol. The fraction of sp³-hybridized carbons (Fsp3) is 1.00. The van der Waals surface area contributed by atoms with E-state index in [2.05, 4.69) is 19.7 Å². The quantitative estimate of drug-likeness (QED) is 0.318. The molecule has 0 unspecified atom stereocenters. The fourth-order valence-electron chi connectivity index (χ4n) is 0. The Balaban J connectivity index is -0.0000000183. The van der Waals surface area contributed by atoms with Crippen molar-refractivity contribution < 1.29 is 40.2 Å². The molecule has 0 heterocycles. The molecule has 0 fully saturated rings. The summed E-state index contributed by atoms with van der Waals surface area (Å²) < 4.78 is 0. The van der Waals surface area contributed by atoms with Crippen LogP contribution in [0.5, 0.6) is 0 Å². The van der Waals surface area contributed by atoms with Crippen molar-refractivity contribution in [2.75, 3.05) is 0 Å². The minimum atomic E-state index is 0. The SMILES string of the molecule is CCCC.NO.[Na+].[OH-]. The summed E-state index contributed by atoms with van der Waals surface area (Å²) in [5, 5.41) is 6.50. The van der Waals surface area contributed by atoms with Crippen LogP contribution in [0.25, 0.3) is 0 Å². The summed E-state index contributed by atoms with van der Waals surface area (Å²) in [5.74, 6) is 3.50. The number of hydrogen-bond acceptors (Lipinski definition) is 3. The molecule has 48 valence electrons. The summed E-state index contributed by atoms with van der Waals surface area (Å²) in [6.45, 7) is 4.36. The third-order valence-electron chi connectivity index (χ3n) is 0.500. The molecular weight excluding hydrogens is 117 g/mol. The minimum Gasteiger partial charge on any atom is -0.870 e. The minimum absolute atomic E-state index is 0. The van der Waals surface area contributed by atoms with E-state index < -0.39 is 0 Å². The average molecular weight is 131 g/mol. The third-order valence-corrected chi connectivity index (χ3v) is 0.500. The van der Waals surface area contributed by atoms with E-state index in [1.807, 2.05) is 0 Å². The van der Waals surface area contributed by atoms with Gasteiger partial charge in [-0.3, -0.25) is 0 Å². The van der Waals surface area contributed by atoms with Crippen molar-refractivity contribution in [3.05, 3.63) is 0 Å². The van der Waals surface area contributed by atoms with Gasteiger partial charge in [-0.1, -0.05) is 26.7 Å². The van der Waals surface area contributed by atoms with Gasteiger partial charge in [-0.25, -0.2) is 5.90 Å². The smallest absolute Gasteiger partial charge is 0.870 e. The van der Waals surface area contributed by atoms with Gasteiger partial charge >= 0.3 is 29.6 Å².